The van der Waals surface area contributed by atoms with Gasteiger partial charge in [-0.1, -0.05) is 0 Å². The third-order valence-corrected chi connectivity index (χ3v) is 4.47. The molecule has 6 nitrogen and oxygen atoms in total. The van der Waals surface area contributed by atoms with E-state index >= 15 is 0 Å². The van der Waals surface area contributed by atoms with Crippen LogP contribution in [0, 0.1) is 6.92 Å². The van der Waals surface area contributed by atoms with Crippen molar-refractivity contribution in [1.82, 2.24) is 4.98 Å². The fourth-order valence-electron chi connectivity index (χ4n) is 3.02. The van der Waals surface area contributed by atoms with Crippen LogP contribution in [0.2, 0.25) is 0 Å². The predicted octanol–water partition coefficient (Wildman–Crippen LogP) is 3.78. The molecule has 9 heteroatoms. The highest BCUT2D eigenvalue weighted by Crippen LogP contribution is 2.38. The number of hydrogen-bond donors (Lipinski definition) is 2. The Bertz CT molecular complexity index is 856. The summed E-state index contributed by atoms with van der Waals surface area (Å²) in [6, 6.07) is 5.15. The van der Waals surface area contributed by atoms with Gasteiger partial charge in [-0.15, -0.1) is 0 Å². The highest BCUT2D eigenvalue weighted by Gasteiger charge is 2.32. The molecule has 1 aliphatic rings. The van der Waals surface area contributed by atoms with E-state index in [2.05, 4.69) is 9.98 Å². The lowest BCUT2D eigenvalue weighted by Crippen LogP contribution is -2.18. The average molecular weight is 409 g/mol. The molecule has 3 rings (SSSR count). The number of anilines is 1. The van der Waals surface area contributed by atoms with Gasteiger partial charge in [0.05, 0.1) is 17.3 Å². The number of phenolic OH excluding ortho intramolecular Hbond substituents is 1. The van der Waals surface area contributed by atoms with Crippen LogP contribution in [0.5, 0.6) is 5.75 Å². The van der Waals surface area contributed by atoms with Gasteiger partial charge < -0.3 is 20.4 Å². The van der Waals surface area contributed by atoms with Crippen LogP contribution < -0.4 is 5.73 Å². The maximum Gasteiger partial charge on any atom is 0.416 e. The van der Waals surface area contributed by atoms with Crippen molar-refractivity contribution in [2.24, 2.45) is 4.99 Å². The standard InChI is InChI=1S/C19H20F3N3O2.CH2O/c1-11-8-13(19(20,21)22)9-16(26)17(11)15-3-2-12(18(23)25-15)10-24-14-4-6-27-7-5-14;1-2/h2-3,8-10,14,26H,4-7H2,1H3,(H2,23,25);1H2. The number of rotatable bonds is 3. The third-order valence-electron chi connectivity index (χ3n) is 4.47. The average Bonchev–Trinajstić information content (AvgIpc) is 2.68. The first-order chi connectivity index (χ1) is 13.8. The highest BCUT2D eigenvalue weighted by atomic mass is 19.4. The molecule has 1 saturated heterocycles. The number of aryl methyl sites for hydroxylation is 1. The van der Waals surface area contributed by atoms with E-state index in [0.717, 1.165) is 18.9 Å². The number of benzene rings is 1. The van der Waals surface area contributed by atoms with Gasteiger partial charge in [0, 0.05) is 30.6 Å². The first-order valence-electron chi connectivity index (χ1n) is 8.83. The van der Waals surface area contributed by atoms with Crippen LogP contribution in [0.4, 0.5) is 19.0 Å². The fraction of sp³-hybridized carbons (Fsp3) is 0.350. The molecule has 0 saturated carbocycles. The Morgan fingerprint density at radius 1 is 1.28 bits per heavy atom. The molecule has 2 aromatic rings. The van der Waals surface area contributed by atoms with E-state index in [4.69, 9.17) is 15.3 Å². The number of nitrogens with two attached hydrogens (primary N) is 1. The first kappa shape index (κ1) is 22.4. The molecule has 0 aliphatic carbocycles. The van der Waals surface area contributed by atoms with Gasteiger partial charge in [-0.2, -0.15) is 13.2 Å². The summed E-state index contributed by atoms with van der Waals surface area (Å²) in [5.41, 5.74) is 6.49. The summed E-state index contributed by atoms with van der Waals surface area (Å²) in [7, 11) is 0. The quantitative estimate of drug-likeness (QED) is 0.752. The fourth-order valence-corrected chi connectivity index (χ4v) is 3.02. The monoisotopic (exact) mass is 409 g/mol. The van der Waals surface area contributed by atoms with E-state index in [1.54, 1.807) is 18.3 Å². The Balaban J connectivity index is 0.00000145. The maximum absolute atomic E-state index is 12.9. The molecule has 0 spiro atoms. The Hall–Kier alpha value is -2.94. The second-order valence-corrected chi connectivity index (χ2v) is 6.48. The molecule has 2 heterocycles. The number of carbonyl (C=O) groups excluding carboxylic acids is 1. The summed E-state index contributed by atoms with van der Waals surface area (Å²) in [6.07, 6.45) is -1.18. The Morgan fingerprint density at radius 3 is 2.48 bits per heavy atom. The van der Waals surface area contributed by atoms with Crippen LogP contribution in [0.1, 0.15) is 29.5 Å². The SMILES string of the molecule is C=O.Cc1cc(C(F)(F)F)cc(O)c1-c1ccc(C=NC2CCOCC2)c(N)n1. The summed E-state index contributed by atoms with van der Waals surface area (Å²) in [5.74, 6) is -0.292. The lowest BCUT2D eigenvalue weighted by atomic mass is 10.00. The van der Waals surface area contributed by atoms with Crippen LogP contribution in [0.15, 0.2) is 29.3 Å². The lowest BCUT2D eigenvalue weighted by molar-refractivity contribution is -0.137. The van der Waals surface area contributed by atoms with Crippen LogP contribution in [-0.4, -0.2) is 42.3 Å². The van der Waals surface area contributed by atoms with Crippen LogP contribution in [0.25, 0.3) is 11.3 Å². The van der Waals surface area contributed by atoms with Gasteiger partial charge in [0.25, 0.3) is 0 Å². The molecule has 1 aromatic carbocycles. The number of halogens is 3. The van der Waals surface area contributed by atoms with Gasteiger partial charge >= 0.3 is 6.18 Å². The van der Waals surface area contributed by atoms with Crippen molar-refractivity contribution in [2.45, 2.75) is 32.0 Å². The van der Waals surface area contributed by atoms with Crippen LogP contribution in [-0.2, 0) is 15.7 Å². The zero-order valence-corrected chi connectivity index (χ0v) is 15.9. The van der Waals surface area contributed by atoms with Crippen molar-refractivity contribution < 1.29 is 27.8 Å². The molecule has 0 unspecified atom stereocenters. The van der Waals surface area contributed by atoms with Gasteiger partial charge in [0.15, 0.2) is 0 Å². The smallest absolute Gasteiger partial charge is 0.416 e. The topological polar surface area (TPSA) is 97.8 Å². The van der Waals surface area contributed by atoms with Crippen molar-refractivity contribution in [3.8, 4) is 17.0 Å². The molecular formula is C20H22F3N3O3. The van der Waals surface area contributed by atoms with E-state index in [1.165, 1.54) is 6.92 Å². The second-order valence-electron chi connectivity index (χ2n) is 6.48. The molecule has 1 aliphatic heterocycles. The van der Waals surface area contributed by atoms with E-state index in [9.17, 15) is 18.3 Å². The van der Waals surface area contributed by atoms with Gasteiger partial charge in [0.2, 0.25) is 0 Å². The number of nitrogen functional groups attached to an aromatic ring is 1. The number of carbonyl (C=O) groups is 1. The number of aliphatic imine (C=N–C) groups is 1. The van der Waals surface area contributed by atoms with E-state index in [-0.39, 0.29) is 23.0 Å². The normalized spacial score (nSPS) is 15.2. The van der Waals surface area contributed by atoms with E-state index < -0.39 is 17.5 Å². The van der Waals surface area contributed by atoms with Crippen molar-refractivity contribution in [2.75, 3.05) is 18.9 Å². The molecule has 0 bridgehead atoms. The van der Waals surface area contributed by atoms with Gasteiger partial charge in [0.1, 0.15) is 18.4 Å². The summed E-state index contributed by atoms with van der Waals surface area (Å²) in [4.78, 5) is 16.7. The Labute approximate surface area is 166 Å². The number of alkyl halides is 3. The number of hydrogen-bond acceptors (Lipinski definition) is 6. The van der Waals surface area contributed by atoms with Crippen LogP contribution in [0.3, 0.4) is 0 Å². The Kier molecular flexibility index (Phi) is 7.33. The lowest BCUT2D eigenvalue weighted by Gasteiger charge is -2.18. The van der Waals surface area contributed by atoms with Crippen molar-refractivity contribution in [3.63, 3.8) is 0 Å². The second kappa shape index (κ2) is 9.51. The Morgan fingerprint density at radius 2 is 1.93 bits per heavy atom. The minimum atomic E-state index is -4.53. The molecule has 3 N–H and O–H groups in total. The molecular weight excluding hydrogens is 387 g/mol. The van der Waals surface area contributed by atoms with Crippen molar-refractivity contribution in [3.05, 3.63) is 41.0 Å². The predicted molar refractivity (Wildman–Crippen MR) is 104 cm³/mol. The number of phenols is 1. The highest BCUT2D eigenvalue weighted by molar-refractivity contribution is 5.87. The van der Waals surface area contributed by atoms with E-state index in [1.807, 2.05) is 6.79 Å². The number of pyridine rings is 1. The molecule has 0 amide bonds. The van der Waals surface area contributed by atoms with Crippen LogP contribution >= 0.6 is 0 Å². The summed E-state index contributed by atoms with van der Waals surface area (Å²) >= 11 is 0. The molecule has 29 heavy (non-hydrogen) atoms. The minimum Gasteiger partial charge on any atom is -0.507 e. The van der Waals surface area contributed by atoms with E-state index in [0.29, 0.717) is 30.5 Å². The van der Waals surface area contributed by atoms with Gasteiger partial charge in [-0.25, -0.2) is 4.98 Å². The van der Waals surface area contributed by atoms with Crippen molar-refractivity contribution >= 4 is 18.8 Å². The number of ether oxygens (including phenoxy) is 1. The molecule has 1 fully saturated rings. The number of aromatic nitrogens is 1. The maximum atomic E-state index is 12.9. The first-order valence-corrected chi connectivity index (χ1v) is 8.83. The van der Waals surface area contributed by atoms with Gasteiger partial charge in [-0.3, -0.25) is 4.99 Å². The largest absolute Gasteiger partial charge is 0.507 e. The molecule has 0 atom stereocenters. The molecule has 0 radical (unpaired) electrons. The third kappa shape index (κ3) is 5.54. The summed E-state index contributed by atoms with van der Waals surface area (Å²) < 4.78 is 43.9. The van der Waals surface area contributed by atoms with Gasteiger partial charge in [-0.05, 0) is 49.6 Å². The minimum absolute atomic E-state index is 0.180. The summed E-state index contributed by atoms with van der Waals surface area (Å²) in [6.45, 7) is 4.85. The number of nitrogens with zero attached hydrogens (tertiary/aromatic N) is 2. The van der Waals surface area contributed by atoms with Crippen molar-refractivity contribution in [1.29, 1.82) is 0 Å². The zero-order chi connectivity index (χ0) is 21.6. The summed E-state index contributed by atoms with van der Waals surface area (Å²) in [5, 5.41) is 10.1. The number of aromatic hydroxyl groups is 1. The molecule has 156 valence electrons. The zero-order valence-electron chi connectivity index (χ0n) is 15.9. The molecule has 1 aromatic heterocycles.